The van der Waals surface area contributed by atoms with Crippen molar-refractivity contribution in [1.29, 1.82) is 0 Å². The summed E-state index contributed by atoms with van der Waals surface area (Å²) in [5.41, 5.74) is 1.82. The van der Waals surface area contributed by atoms with Gasteiger partial charge in [0.2, 0.25) is 41.4 Å². The minimum atomic E-state index is -1.88. The Balaban J connectivity index is 1.63. The Morgan fingerprint density at radius 2 is 1.56 bits per heavy atom. The molecule has 7 amide bonds. The Morgan fingerprint density at radius 1 is 0.861 bits per heavy atom. The molecule has 0 saturated carbocycles. The third-order valence-electron chi connectivity index (χ3n) is 13.5. The van der Waals surface area contributed by atoms with E-state index in [1.165, 1.54) is 43.1 Å². The molecule has 2 fully saturated rings. The number of carbonyl (C=O) groups excluding carboxylic acids is 8. The van der Waals surface area contributed by atoms with E-state index < -0.39 is 126 Å². The molecular formula is C51H70N8O13. The third kappa shape index (κ3) is 14.1. The molecule has 5 rings (SSSR count). The molecule has 0 unspecified atom stereocenters. The number of likely N-dealkylation sites (N-methyl/N-ethyl adjacent to an activating group) is 1. The molecular weight excluding hydrogens is 933 g/mol. The number of unbranched alkanes of at least 4 members (excludes halogenated alkanes) is 2. The number of fused-ring (bicyclic) bond motifs is 3. The zero-order chi connectivity index (χ0) is 53.0. The van der Waals surface area contributed by atoms with Crippen LogP contribution in [0.3, 0.4) is 0 Å². The van der Waals surface area contributed by atoms with Crippen LogP contribution in [-0.4, -0.2) is 145 Å². The van der Waals surface area contributed by atoms with Crippen LogP contribution in [0.25, 0.3) is 10.9 Å². The Morgan fingerprint density at radius 3 is 2.21 bits per heavy atom. The summed E-state index contributed by atoms with van der Waals surface area (Å²) in [5.74, 6) is -9.97. The number of aromatic hydroxyl groups is 1. The fraction of sp³-hybridized carbons (Fsp3) is 0.549. The molecule has 2 bridgehead atoms. The summed E-state index contributed by atoms with van der Waals surface area (Å²) < 4.78 is 5.89. The van der Waals surface area contributed by atoms with Gasteiger partial charge in [-0.15, -0.1) is 0 Å². The molecule has 3 heterocycles. The second-order valence-corrected chi connectivity index (χ2v) is 19.2. The first-order chi connectivity index (χ1) is 34.1. The number of piperidine rings is 1. The van der Waals surface area contributed by atoms with Crippen LogP contribution in [-0.2, 0) is 60.7 Å². The van der Waals surface area contributed by atoms with Crippen molar-refractivity contribution in [3.8, 4) is 5.75 Å². The predicted molar refractivity (Wildman–Crippen MR) is 262 cm³/mol. The highest BCUT2D eigenvalue weighted by molar-refractivity contribution is 5.99. The number of aromatic nitrogens is 1. The molecule has 0 radical (unpaired) electrons. The molecule has 21 nitrogen and oxygen atoms in total. The number of carboxylic acids is 1. The molecule has 10 atom stereocenters. The highest BCUT2D eigenvalue weighted by Crippen LogP contribution is 2.29. The van der Waals surface area contributed by atoms with Gasteiger partial charge in [-0.25, -0.2) is 4.79 Å². The number of phenolic OH excluding ortho intramolecular Hbond substituents is 1. The Hall–Kier alpha value is -7.03. The summed E-state index contributed by atoms with van der Waals surface area (Å²) in [6.07, 6.45) is -0.525. The topological polar surface area (TPSA) is 306 Å². The number of aliphatic hydroxyl groups excluding tert-OH is 1. The standard InChI is InChI=1S/C51H70N8O13/c1-8-10-11-16-39(61)53-37(25-41(63)64)46(66)57-43-29(6)72-51(71)42(27(3)4)56-47(67)38(24-31-26-52-34-15-13-12-14-33(31)34)58(7)50(70)44(28(5)9-2)59-40(62)22-21-35(49(59)69)54-45(65)36(55-48(43)68)23-30-17-19-32(60)20-18-30/h12-15,17-20,26-29,35-38,40,42-44,52,60,62H,8-11,16,21-25H2,1-7H3,(H,53,61)(H,54,65)(H,55,68)(H,56,67)(H,57,66)(H,63,64)/t28-,29+,35-,36-,37-,38-,40+,42-,43-,44-/m0/s1. The number of amides is 7. The van der Waals surface area contributed by atoms with E-state index in [2.05, 4.69) is 31.6 Å². The normalized spacial score (nSPS) is 24.7. The van der Waals surface area contributed by atoms with Crippen molar-refractivity contribution in [3.63, 3.8) is 0 Å². The van der Waals surface area contributed by atoms with Crippen molar-refractivity contribution in [2.45, 2.75) is 160 Å². The van der Waals surface area contributed by atoms with Crippen LogP contribution in [0.4, 0.5) is 0 Å². The molecule has 21 heteroatoms. The summed E-state index contributed by atoms with van der Waals surface area (Å²) in [6.45, 7) is 9.94. The van der Waals surface area contributed by atoms with Gasteiger partial charge in [-0.2, -0.15) is 0 Å². The van der Waals surface area contributed by atoms with Crippen LogP contribution in [0, 0.1) is 11.8 Å². The monoisotopic (exact) mass is 1000 g/mol. The zero-order valence-electron chi connectivity index (χ0n) is 41.9. The molecule has 9 N–H and O–H groups in total. The lowest BCUT2D eigenvalue weighted by atomic mass is 9.91. The number of benzene rings is 2. The van der Waals surface area contributed by atoms with Gasteiger partial charge in [0.1, 0.15) is 60.4 Å². The van der Waals surface area contributed by atoms with Gasteiger partial charge in [-0.1, -0.05) is 84.2 Å². The van der Waals surface area contributed by atoms with E-state index in [1.54, 1.807) is 33.9 Å². The molecule has 2 aromatic carbocycles. The average Bonchev–Trinajstić information content (AvgIpc) is 3.75. The van der Waals surface area contributed by atoms with Crippen LogP contribution in [0.5, 0.6) is 5.75 Å². The number of phenols is 1. The number of esters is 1. The second kappa shape index (κ2) is 25.4. The highest BCUT2D eigenvalue weighted by atomic mass is 16.5. The molecule has 2 aliphatic rings. The molecule has 0 aliphatic carbocycles. The molecule has 3 aromatic rings. The van der Waals surface area contributed by atoms with Crippen molar-refractivity contribution in [1.82, 2.24) is 41.4 Å². The maximum Gasteiger partial charge on any atom is 0.329 e. The number of aromatic amines is 1. The van der Waals surface area contributed by atoms with E-state index in [4.69, 9.17) is 4.74 Å². The van der Waals surface area contributed by atoms with E-state index in [0.29, 0.717) is 30.4 Å². The molecule has 0 spiro atoms. The van der Waals surface area contributed by atoms with Crippen LogP contribution >= 0.6 is 0 Å². The van der Waals surface area contributed by atoms with Gasteiger partial charge < -0.3 is 61.4 Å². The van der Waals surface area contributed by atoms with E-state index in [1.807, 2.05) is 31.2 Å². The van der Waals surface area contributed by atoms with Crippen molar-refractivity contribution in [2.24, 2.45) is 11.8 Å². The molecule has 2 saturated heterocycles. The first-order valence-electron chi connectivity index (χ1n) is 24.7. The van der Waals surface area contributed by atoms with Crippen molar-refractivity contribution in [3.05, 3.63) is 65.9 Å². The van der Waals surface area contributed by atoms with E-state index in [9.17, 15) is 53.7 Å². The number of nitrogens with zero attached hydrogens (tertiary/aromatic N) is 2. The van der Waals surface area contributed by atoms with Gasteiger partial charge in [-0.05, 0) is 67.3 Å². The number of carbonyl (C=O) groups is 9. The van der Waals surface area contributed by atoms with Gasteiger partial charge in [0.25, 0.3) is 0 Å². The number of hydrogen-bond acceptors (Lipinski definition) is 12. The number of aliphatic carboxylic acids is 1. The lowest BCUT2D eigenvalue weighted by Crippen LogP contribution is -2.66. The fourth-order valence-electron chi connectivity index (χ4n) is 9.02. The van der Waals surface area contributed by atoms with Gasteiger partial charge >= 0.3 is 11.9 Å². The summed E-state index contributed by atoms with van der Waals surface area (Å²) in [4.78, 5) is 133. The number of H-pyrrole nitrogens is 1. The quantitative estimate of drug-likeness (QED) is 0.0733. The lowest BCUT2D eigenvalue weighted by Gasteiger charge is -2.44. The van der Waals surface area contributed by atoms with Crippen molar-refractivity contribution in [2.75, 3.05) is 7.05 Å². The number of hydrogen-bond donors (Lipinski definition) is 9. The molecule has 2 aliphatic heterocycles. The number of aliphatic hydroxyl groups is 1. The van der Waals surface area contributed by atoms with Crippen LogP contribution < -0.4 is 26.6 Å². The zero-order valence-corrected chi connectivity index (χ0v) is 41.9. The number of ether oxygens (including phenoxy) is 1. The van der Waals surface area contributed by atoms with Crippen LogP contribution in [0.1, 0.15) is 104 Å². The molecule has 1 aromatic heterocycles. The number of rotatable bonds is 16. The van der Waals surface area contributed by atoms with Gasteiger partial charge in [-0.3, -0.25) is 38.4 Å². The second-order valence-electron chi connectivity index (χ2n) is 19.2. The third-order valence-corrected chi connectivity index (χ3v) is 13.5. The van der Waals surface area contributed by atoms with Crippen LogP contribution in [0.15, 0.2) is 54.7 Å². The summed E-state index contributed by atoms with van der Waals surface area (Å²) in [7, 11) is 1.40. The first kappa shape index (κ1) is 55.9. The smallest absolute Gasteiger partial charge is 0.329 e. The Labute approximate surface area is 418 Å². The van der Waals surface area contributed by atoms with Gasteiger partial charge in [0.15, 0.2) is 0 Å². The maximum atomic E-state index is 15.1. The molecule has 72 heavy (non-hydrogen) atoms. The van der Waals surface area contributed by atoms with Crippen molar-refractivity contribution >= 4 is 64.2 Å². The summed E-state index contributed by atoms with van der Waals surface area (Å²) >= 11 is 0. The summed E-state index contributed by atoms with van der Waals surface area (Å²) in [5, 5.41) is 45.0. The van der Waals surface area contributed by atoms with Crippen molar-refractivity contribution < 1.29 is 63.2 Å². The number of cyclic esters (lactones) is 1. The number of nitrogens with one attached hydrogen (secondary N) is 6. The van der Waals surface area contributed by atoms with Gasteiger partial charge in [0.05, 0.1) is 6.42 Å². The van der Waals surface area contributed by atoms with E-state index in [-0.39, 0.29) is 37.9 Å². The first-order valence-corrected chi connectivity index (χ1v) is 24.7. The minimum absolute atomic E-state index is 0.0172. The highest BCUT2D eigenvalue weighted by Gasteiger charge is 2.47. The lowest BCUT2D eigenvalue weighted by molar-refractivity contribution is -0.168. The SMILES string of the molecule is CCCCCC(=O)N[C@@H](CC(=O)O)C(=O)N[C@@H]1C(=O)N[C@@H](Cc2ccc(O)cc2)C(=O)N[C@H]2CC[C@@H](O)N(C2=O)[C@@H]([C@@H](C)CC)C(=O)N(C)[C@@H](Cc2c[nH]c3ccccc23)C(=O)N[C@@H](C(C)C)C(=O)O[C@@H]1C. The molecule has 392 valence electrons. The Bertz CT molecular complexity index is 2440. The van der Waals surface area contributed by atoms with E-state index in [0.717, 1.165) is 22.2 Å². The van der Waals surface area contributed by atoms with Gasteiger partial charge in [0, 0.05) is 43.4 Å². The number of carboxylic acid groups (broad SMARTS) is 1. The predicted octanol–water partition coefficient (Wildman–Crippen LogP) is 1.92. The van der Waals surface area contributed by atoms with Crippen LogP contribution in [0.2, 0.25) is 0 Å². The summed E-state index contributed by atoms with van der Waals surface area (Å²) in [6, 6.07) is 2.40. The Kier molecular flexibility index (Phi) is 19.7. The maximum absolute atomic E-state index is 15.1. The minimum Gasteiger partial charge on any atom is -0.508 e. The number of para-hydroxylation sites is 1. The van der Waals surface area contributed by atoms with E-state index >= 15 is 4.79 Å². The fourth-order valence-corrected chi connectivity index (χ4v) is 9.02. The largest absolute Gasteiger partial charge is 0.508 e. The average molecular weight is 1000 g/mol.